The Kier molecular flexibility index (Phi) is 6.44. The van der Waals surface area contributed by atoms with Crippen LogP contribution in [-0.4, -0.2) is 12.4 Å². The molecule has 0 heterocycles. The van der Waals surface area contributed by atoms with Gasteiger partial charge in [0.2, 0.25) is 6.29 Å². The first kappa shape index (κ1) is 21.7. The topological polar surface area (TPSA) is 18.5 Å². The van der Waals surface area contributed by atoms with Crippen LogP contribution in [0.2, 0.25) is 0 Å². The molecule has 2 nitrogen and oxygen atoms in total. The molecule has 0 aromatic heterocycles. The van der Waals surface area contributed by atoms with Crippen molar-refractivity contribution < 1.29 is 9.47 Å². The largest absolute Gasteiger partial charge is 0.465 e. The van der Waals surface area contributed by atoms with Crippen LogP contribution in [0.1, 0.15) is 79.2 Å². The Bertz CT molecular complexity index is 792. The number of allylic oxidation sites excluding steroid dienone is 4. The average molecular weight is 409 g/mol. The third-order valence-corrected chi connectivity index (χ3v) is 7.61. The molecule has 2 bridgehead atoms. The van der Waals surface area contributed by atoms with Crippen molar-refractivity contribution in [1.82, 2.24) is 0 Å². The summed E-state index contributed by atoms with van der Waals surface area (Å²) >= 11 is 0. The van der Waals surface area contributed by atoms with Gasteiger partial charge in [-0.1, -0.05) is 49.6 Å². The van der Waals surface area contributed by atoms with E-state index in [9.17, 15) is 0 Å². The van der Waals surface area contributed by atoms with Gasteiger partial charge in [-0.15, -0.1) is 0 Å². The van der Waals surface area contributed by atoms with E-state index in [1.165, 1.54) is 54.4 Å². The van der Waals surface area contributed by atoms with Gasteiger partial charge in [-0.3, -0.25) is 0 Å². The standard InChI is InChI=1S/C28H40O2/c1-17(2)14-25(18(3)4)20-10-12-22(13-11-20)29-28(19(5)6)30-27-16-21-15-26(27)24-9-7-8-23(21)24/h10-14,19,21,23-24,26-28H,7-9,15-16H2,1-6H3. The fourth-order valence-corrected chi connectivity index (χ4v) is 6.31. The minimum Gasteiger partial charge on any atom is -0.465 e. The number of fused-ring (bicyclic) bond motifs is 5. The van der Waals surface area contributed by atoms with Crippen LogP contribution in [0.3, 0.4) is 0 Å². The van der Waals surface area contributed by atoms with Gasteiger partial charge in [-0.2, -0.15) is 0 Å². The van der Waals surface area contributed by atoms with Crippen molar-refractivity contribution in [1.29, 1.82) is 0 Å². The molecular formula is C28H40O2. The van der Waals surface area contributed by atoms with E-state index in [2.05, 4.69) is 71.9 Å². The lowest BCUT2D eigenvalue weighted by molar-refractivity contribution is -0.162. The van der Waals surface area contributed by atoms with Gasteiger partial charge in [0.05, 0.1) is 6.10 Å². The molecule has 0 N–H and O–H groups in total. The fraction of sp³-hybridized carbons (Fsp3) is 0.643. The molecule has 0 spiro atoms. The van der Waals surface area contributed by atoms with Crippen molar-refractivity contribution >= 4 is 5.57 Å². The molecule has 6 atom stereocenters. The zero-order valence-electron chi connectivity index (χ0n) is 19.8. The van der Waals surface area contributed by atoms with Crippen LogP contribution < -0.4 is 4.74 Å². The van der Waals surface area contributed by atoms with Gasteiger partial charge in [-0.05, 0) is 100 Å². The zero-order chi connectivity index (χ0) is 21.4. The number of hydrogen-bond donors (Lipinski definition) is 0. The van der Waals surface area contributed by atoms with Crippen LogP contribution in [0.5, 0.6) is 5.75 Å². The molecule has 3 fully saturated rings. The maximum absolute atomic E-state index is 6.65. The molecule has 0 aliphatic heterocycles. The Hall–Kier alpha value is -1.54. The van der Waals surface area contributed by atoms with Crippen LogP contribution in [0, 0.1) is 29.6 Å². The molecule has 30 heavy (non-hydrogen) atoms. The van der Waals surface area contributed by atoms with Crippen molar-refractivity contribution in [2.24, 2.45) is 29.6 Å². The highest BCUT2D eigenvalue weighted by atomic mass is 16.7. The van der Waals surface area contributed by atoms with E-state index in [1.54, 1.807) is 0 Å². The highest BCUT2D eigenvalue weighted by molar-refractivity contribution is 5.76. The first-order valence-corrected chi connectivity index (χ1v) is 12.1. The lowest BCUT2D eigenvalue weighted by atomic mass is 9.80. The summed E-state index contributed by atoms with van der Waals surface area (Å²) in [6.45, 7) is 13.1. The third-order valence-electron chi connectivity index (χ3n) is 7.61. The minimum absolute atomic E-state index is 0.166. The van der Waals surface area contributed by atoms with Gasteiger partial charge in [0.15, 0.2) is 0 Å². The molecule has 1 aromatic rings. The minimum atomic E-state index is -0.166. The smallest absolute Gasteiger partial charge is 0.202 e. The number of benzene rings is 1. The van der Waals surface area contributed by atoms with Gasteiger partial charge < -0.3 is 9.47 Å². The van der Waals surface area contributed by atoms with E-state index in [4.69, 9.17) is 9.47 Å². The van der Waals surface area contributed by atoms with Crippen molar-refractivity contribution in [3.8, 4) is 5.75 Å². The second-order valence-corrected chi connectivity index (χ2v) is 10.7. The summed E-state index contributed by atoms with van der Waals surface area (Å²) in [7, 11) is 0. The maximum atomic E-state index is 6.65. The zero-order valence-corrected chi connectivity index (χ0v) is 19.8. The molecule has 3 aliphatic carbocycles. The molecule has 6 unspecified atom stereocenters. The van der Waals surface area contributed by atoms with Crippen molar-refractivity contribution in [3.05, 3.63) is 47.1 Å². The first-order valence-electron chi connectivity index (χ1n) is 12.1. The van der Waals surface area contributed by atoms with E-state index in [-0.39, 0.29) is 6.29 Å². The Morgan fingerprint density at radius 1 is 0.933 bits per heavy atom. The molecule has 0 amide bonds. The normalized spacial score (nSPS) is 30.3. The lowest BCUT2D eigenvalue weighted by Gasteiger charge is -2.35. The Morgan fingerprint density at radius 2 is 1.63 bits per heavy atom. The summed E-state index contributed by atoms with van der Waals surface area (Å²) in [5.41, 5.74) is 5.18. The predicted octanol–water partition coefficient (Wildman–Crippen LogP) is 7.65. The Labute approximate surface area is 183 Å². The van der Waals surface area contributed by atoms with E-state index in [1.807, 2.05) is 0 Å². The monoisotopic (exact) mass is 408 g/mol. The quantitative estimate of drug-likeness (QED) is 0.341. The summed E-state index contributed by atoms with van der Waals surface area (Å²) in [6, 6.07) is 8.55. The van der Waals surface area contributed by atoms with Crippen LogP contribution in [-0.2, 0) is 4.74 Å². The fourth-order valence-electron chi connectivity index (χ4n) is 6.31. The molecule has 0 saturated heterocycles. The van der Waals surface area contributed by atoms with Crippen molar-refractivity contribution in [2.45, 2.75) is 86.0 Å². The SMILES string of the molecule is CC(C)=CC(=C(C)C)c1ccc(OC(OC2CC3CC2C2CCCC32)C(C)C)cc1. The van der Waals surface area contributed by atoms with Crippen molar-refractivity contribution in [3.63, 3.8) is 0 Å². The van der Waals surface area contributed by atoms with E-state index in [0.29, 0.717) is 12.0 Å². The molecule has 2 heteroatoms. The number of ether oxygens (including phenoxy) is 2. The number of hydrogen-bond acceptors (Lipinski definition) is 2. The van der Waals surface area contributed by atoms with E-state index in [0.717, 1.165) is 29.4 Å². The highest BCUT2D eigenvalue weighted by Gasteiger charge is 2.54. The lowest BCUT2D eigenvalue weighted by Crippen LogP contribution is -2.37. The van der Waals surface area contributed by atoms with Crippen LogP contribution in [0.4, 0.5) is 0 Å². The summed E-state index contributed by atoms with van der Waals surface area (Å²) in [5.74, 6) is 4.87. The van der Waals surface area contributed by atoms with Gasteiger partial charge in [0.25, 0.3) is 0 Å². The van der Waals surface area contributed by atoms with Gasteiger partial charge in [-0.25, -0.2) is 0 Å². The summed E-state index contributed by atoms with van der Waals surface area (Å²) < 4.78 is 13.0. The second-order valence-electron chi connectivity index (χ2n) is 10.7. The molecule has 0 radical (unpaired) electrons. The molecule has 3 saturated carbocycles. The third kappa shape index (κ3) is 4.40. The van der Waals surface area contributed by atoms with E-state index < -0.39 is 0 Å². The molecular weight excluding hydrogens is 368 g/mol. The van der Waals surface area contributed by atoms with Crippen LogP contribution in [0.15, 0.2) is 41.5 Å². The van der Waals surface area contributed by atoms with Crippen LogP contribution in [0.25, 0.3) is 5.57 Å². The Balaban J connectivity index is 1.43. The van der Waals surface area contributed by atoms with Gasteiger partial charge in [0.1, 0.15) is 5.75 Å². The highest BCUT2D eigenvalue weighted by Crippen LogP contribution is 2.59. The molecule has 164 valence electrons. The average Bonchev–Trinajstić information content (AvgIpc) is 3.39. The Morgan fingerprint density at radius 3 is 2.27 bits per heavy atom. The summed E-state index contributed by atoms with van der Waals surface area (Å²) in [5, 5.41) is 0. The first-order chi connectivity index (χ1) is 14.3. The molecule has 4 rings (SSSR count). The molecule has 3 aliphatic rings. The summed E-state index contributed by atoms with van der Waals surface area (Å²) in [4.78, 5) is 0. The predicted molar refractivity (Wildman–Crippen MR) is 125 cm³/mol. The number of rotatable bonds is 7. The van der Waals surface area contributed by atoms with Crippen LogP contribution >= 0.6 is 0 Å². The van der Waals surface area contributed by atoms with E-state index >= 15 is 0 Å². The maximum Gasteiger partial charge on any atom is 0.202 e. The summed E-state index contributed by atoms with van der Waals surface area (Å²) in [6.07, 6.45) is 9.48. The van der Waals surface area contributed by atoms with Gasteiger partial charge in [0, 0.05) is 5.92 Å². The van der Waals surface area contributed by atoms with Crippen molar-refractivity contribution in [2.75, 3.05) is 0 Å². The van der Waals surface area contributed by atoms with Gasteiger partial charge >= 0.3 is 0 Å². The molecule has 1 aromatic carbocycles. The second kappa shape index (κ2) is 8.91.